The van der Waals surface area contributed by atoms with Crippen molar-refractivity contribution in [2.45, 2.75) is 46.8 Å². The highest BCUT2D eigenvalue weighted by atomic mass is 16.6. The van der Waals surface area contributed by atoms with Gasteiger partial charge in [0.15, 0.2) is 18.1 Å². The van der Waals surface area contributed by atoms with Crippen molar-refractivity contribution in [1.82, 2.24) is 4.90 Å². The minimum Gasteiger partial charge on any atom is -0.493 e. The Balaban J connectivity index is 2.05. The Morgan fingerprint density at radius 2 is 1.82 bits per heavy atom. The van der Waals surface area contributed by atoms with Crippen LogP contribution in [0.25, 0.3) is 6.08 Å². The largest absolute Gasteiger partial charge is 0.493 e. The number of amides is 2. The van der Waals surface area contributed by atoms with Crippen molar-refractivity contribution in [2.75, 3.05) is 25.6 Å². The van der Waals surface area contributed by atoms with E-state index in [0.717, 1.165) is 11.1 Å². The summed E-state index contributed by atoms with van der Waals surface area (Å²) >= 11 is 0. The van der Waals surface area contributed by atoms with E-state index < -0.39 is 11.7 Å². The van der Waals surface area contributed by atoms with Crippen LogP contribution in [0.2, 0.25) is 0 Å². The lowest BCUT2D eigenvalue weighted by molar-refractivity contribution is -0.118. The number of hydrogen-bond acceptors (Lipinski definition) is 5. The number of carbonyl (C=O) groups is 2. The Hall–Kier alpha value is -3.48. The van der Waals surface area contributed by atoms with Crippen molar-refractivity contribution in [3.8, 4) is 11.5 Å². The number of hydrogen-bond donors (Lipinski definition) is 1. The van der Waals surface area contributed by atoms with Crippen LogP contribution in [0.5, 0.6) is 11.5 Å². The normalized spacial score (nSPS) is 11.2. The number of rotatable bonds is 9. The van der Waals surface area contributed by atoms with E-state index in [1.807, 2.05) is 77.1 Å². The molecule has 2 aromatic rings. The lowest BCUT2D eigenvalue weighted by Crippen LogP contribution is -2.36. The van der Waals surface area contributed by atoms with Gasteiger partial charge in [-0.1, -0.05) is 36.4 Å². The van der Waals surface area contributed by atoms with Crippen LogP contribution < -0.4 is 14.8 Å². The molecule has 0 aromatic heterocycles. The molecule has 1 N–H and O–H groups in total. The Bertz CT molecular complexity index is 979. The van der Waals surface area contributed by atoms with E-state index >= 15 is 0 Å². The third kappa shape index (κ3) is 8.18. The first-order valence-electron chi connectivity index (χ1n) is 11.0. The Kier molecular flexibility index (Phi) is 9.33. The van der Waals surface area contributed by atoms with Crippen molar-refractivity contribution in [3.63, 3.8) is 0 Å². The molecule has 0 unspecified atom stereocenters. The van der Waals surface area contributed by atoms with E-state index in [0.29, 0.717) is 30.3 Å². The molecule has 7 nitrogen and oxygen atoms in total. The first kappa shape index (κ1) is 25.8. The highest BCUT2D eigenvalue weighted by Gasteiger charge is 2.22. The maximum atomic E-state index is 12.6. The predicted octanol–water partition coefficient (Wildman–Crippen LogP) is 5.50. The quantitative estimate of drug-likeness (QED) is 0.541. The van der Waals surface area contributed by atoms with Gasteiger partial charge < -0.3 is 24.4 Å². The third-order valence-electron chi connectivity index (χ3n) is 4.59. The van der Waals surface area contributed by atoms with Crippen LogP contribution in [0.1, 0.15) is 45.7 Å². The second kappa shape index (κ2) is 11.9. The lowest BCUT2D eigenvalue weighted by atomic mass is 10.1. The van der Waals surface area contributed by atoms with Gasteiger partial charge in [0.1, 0.15) is 5.60 Å². The minimum absolute atomic E-state index is 0.183. The molecule has 0 aliphatic heterocycles. The fourth-order valence-electron chi connectivity index (χ4n) is 3.05. The molecule has 2 aromatic carbocycles. The van der Waals surface area contributed by atoms with Gasteiger partial charge >= 0.3 is 6.09 Å². The van der Waals surface area contributed by atoms with Crippen molar-refractivity contribution < 1.29 is 23.8 Å². The molecule has 0 fully saturated rings. The Morgan fingerprint density at radius 1 is 1.09 bits per heavy atom. The molecule has 0 aliphatic rings. The van der Waals surface area contributed by atoms with Crippen LogP contribution in [0, 0.1) is 0 Å². The van der Waals surface area contributed by atoms with E-state index in [1.165, 1.54) is 0 Å². The molecule has 178 valence electrons. The van der Waals surface area contributed by atoms with Gasteiger partial charge in [0.2, 0.25) is 0 Å². The monoisotopic (exact) mass is 454 g/mol. The van der Waals surface area contributed by atoms with Gasteiger partial charge in [-0.15, -0.1) is 0 Å². The van der Waals surface area contributed by atoms with E-state index in [4.69, 9.17) is 14.2 Å². The van der Waals surface area contributed by atoms with E-state index in [-0.39, 0.29) is 12.5 Å². The fraction of sp³-hybridized carbons (Fsp3) is 0.385. The average molecular weight is 455 g/mol. The zero-order valence-corrected chi connectivity index (χ0v) is 20.3. The van der Waals surface area contributed by atoms with Gasteiger partial charge in [0, 0.05) is 12.2 Å². The second-order valence-electron chi connectivity index (χ2n) is 8.40. The number of nitrogens with zero attached hydrogens (tertiary/aromatic N) is 1. The molecule has 0 saturated carbocycles. The molecule has 2 rings (SSSR count). The third-order valence-corrected chi connectivity index (χ3v) is 4.59. The maximum absolute atomic E-state index is 12.6. The van der Waals surface area contributed by atoms with Crippen LogP contribution in [0.3, 0.4) is 0 Å². The number of para-hydroxylation sites is 1. The highest BCUT2D eigenvalue weighted by molar-refractivity contribution is 5.92. The summed E-state index contributed by atoms with van der Waals surface area (Å²) in [6, 6.07) is 12.9. The number of anilines is 1. The highest BCUT2D eigenvalue weighted by Crippen LogP contribution is 2.28. The van der Waals surface area contributed by atoms with E-state index in [1.54, 1.807) is 24.1 Å². The number of allylic oxidation sites excluding steroid dienone is 1. The summed E-state index contributed by atoms with van der Waals surface area (Å²) in [6.07, 6.45) is 3.48. The van der Waals surface area contributed by atoms with Gasteiger partial charge in [-0.05, 0) is 63.9 Å². The number of benzene rings is 2. The van der Waals surface area contributed by atoms with Gasteiger partial charge in [-0.3, -0.25) is 4.79 Å². The topological polar surface area (TPSA) is 77.1 Å². The second-order valence-corrected chi connectivity index (χ2v) is 8.40. The molecular weight excluding hydrogens is 420 g/mol. The van der Waals surface area contributed by atoms with Crippen LogP contribution in [0.15, 0.2) is 48.5 Å². The zero-order valence-electron chi connectivity index (χ0n) is 20.3. The van der Waals surface area contributed by atoms with Gasteiger partial charge in [0.05, 0.1) is 13.7 Å². The van der Waals surface area contributed by atoms with E-state index in [2.05, 4.69) is 5.32 Å². The van der Waals surface area contributed by atoms with Gasteiger partial charge in [-0.2, -0.15) is 0 Å². The fourth-order valence-corrected chi connectivity index (χ4v) is 3.05. The average Bonchev–Trinajstić information content (AvgIpc) is 2.76. The Labute approximate surface area is 196 Å². The first-order valence-corrected chi connectivity index (χ1v) is 11.0. The SMILES string of the molecule is CC=Cc1ccc(OCC(=O)Nc2ccccc2CN(CC)C(=O)OC(C)(C)C)c(OC)c1. The van der Waals surface area contributed by atoms with Crippen LogP contribution in [0.4, 0.5) is 10.5 Å². The number of nitrogens with one attached hydrogen (secondary N) is 1. The molecular formula is C26H34N2O5. The molecule has 2 amide bonds. The summed E-state index contributed by atoms with van der Waals surface area (Å²) in [5.74, 6) is 0.716. The molecule has 0 saturated heterocycles. The standard InChI is InChI=1S/C26H34N2O5/c1-7-11-19-14-15-22(23(16-19)31-6)32-18-24(29)27-21-13-10-9-12-20(21)17-28(8-2)25(30)33-26(3,4)5/h7,9-16H,8,17-18H2,1-6H3,(H,27,29). The molecule has 0 aliphatic carbocycles. The molecule has 0 spiro atoms. The van der Waals surface area contributed by atoms with E-state index in [9.17, 15) is 9.59 Å². The number of methoxy groups -OCH3 is 1. The van der Waals surface area contributed by atoms with Crippen molar-refractivity contribution in [1.29, 1.82) is 0 Å². The molecule has 7 heteroatoms. The van der Waals surface area contributed by atoms with Gasteiger partial charge in [0.25, 0.3) is 5.91 Å². The molecule has 0 atom stereocenters. The lowest BCUT2D eigenvalue weighted by Gasteiger charge is -2.27. The molecule has 0 bridgehead atoms. The summed E-state index contributed by atoms with van der Waals surface area (Å²) in [5.41, 5.74) is 1.81. The predicted molar refractivity (Wildman–Crippen MR) is 131 cm³/mol. The summed E-state index contributed by atoms with van der Waals surface area (Å²) in [7, 11) is 1.56. The number of carbonyl (C=O) groups excluding carboxylic acids is 2. The van der Waals surface area contributed by atoms with Gasteiger partial charge in [-0.25, -0.2) is 4.79 Å². The summed E-state index contributed by atoms with van der Waals surface area (Å²) in [6.45, 7) is 9.91. The van der Waals surface area contributed by atoms with Crippen LogP contribution in [-0.4, -0.2) is 42.8 Å². The number of ether oxygens (including phenoxy) is 3. The van der Waals surface area contributed by atoms with Crippen LogP contribution in [-0.2, 0) is 16.1 Å². The summed E-state index contributed by atoms with van der Waals surface area (Å²) in [5, 5.41) is 2.87. The smallest absolute Gasteiger partial charge is 0.410 e. The van der Waals surface area contributed by atoms with Crippen molar-refractivity contribution in [3.05, 3.63) is 59.7 Å². The zero-order chi connectivity index (χ0) is 24.4. The maximum Gasteiger partial charge on any atom is 0.410 e. The van der Waals surface area contributed by atoms with Crippen molar-refractivity contribution >= 4 is 23.8 Å². The summed E-state index contributed by atoms with van der Waals surface area (Å²) in [4.78, 5) is 26.7. The molecule has 0 radical (unpaired) electrons. The van der Waals surface area contributed by atoms with Crippen molar-refractivity contribution in [2.24, 2.45) is 0 Å². The minimum atomic E-state index is -0.582. The molecule has 33 heavy (non-hydrogen) atoms. The first-order chi connectivity index (χ1) is 15.7. The molecule has 0 heterocycles. The van der Waals surface area contributed by atoms with Crippen LogP contribution >= 0.6 is 0 Å². The summed E-state index contributed by atoms with van der Waals surface area (Å²) < 4.78 is 16.5. The Morgan fingerprint density at radius 3 is 2.45 bits per heavy atom.